The number of sulfonamides is 1. The fraction of sp³-hybridized carbons (Fsp3) is 0.412. The molecule has 0 bridgehead atoms. The van der Waals surface area contributed by atoms with Gasteiger partial charge in [-0.25, -0.2) is 13.1 Å². The first-order chi connectivity index (χ1) is 12.0. The molecule has 6 nitrogen and oxygen atoms in total. The number of halogens is 1. The Morgan fingerprint density at radius 3 is 2.72 bits per heavy atom. The molecule has 2 heterocycles. The first kappa shape index (κ1) is 18.4. The summed E-state index contributed by atoms with van der Waals surface area (Å²) in [4.78, 5) is 2.36. The molecule has 0 spiro atoms. The second-order valence-corrected chi connectivity index (χ2v) is 8.57. The van der Waals surface area contributed by atoms with E-state index in [0.29, 0.717) is 10.2 Å². The SMILES string of the molecule is COc1ccc(Br)cc1S(=O)(=O)NCC(c1ccco1)N1CCCC1. The van der Waals surface area contributed by atoms with Crippen LogP contribution in [0.2, 0.25) is 0 Å². The molecule has 0 radical (unpaired) electrons. The molecule has 136 valence electrons. The number of furan rings is 1. The van der Waals surface area contributed by atoms with Crippen molar-refractivity contribution in [3.05, 3.63) is 46.8 Å². The van der Waals surface area contributed by atoms with Gasteiger partial charge < -0.3 is 9.15 Å². The van der Waals surface area contributed by atoms with Gasteiger partial charge in [0, 0.05) is 11.0 Å². The van der Waals surface area contributed by atoms with Crippen LogP contribution in [-0.2, 0) is 10.0 Å². The van der Waals surface area contributed by atoms with Gasteiger partial charge in [-0.05, 0) is 56.3 Å². The number of rotatable bonds is 7. The van der Waals surface area contributed by atoms with E-state index in [4.69, 9.17) is 9.15 Å². The highest BCUT2D eigenvalue weighted by atomic mass is 79.9. The van der Waals surface area contributed by atoms with Crippen LogP contribution in [0.3, 0.4) is 0 Å². The molecule has 0 aliphatic carbocycles. The Morgan fingerprint density at radius 1 is 1.32 bits per heavy atom. The van der Waals surface area contributed by atoms with E-state index in [-0.39, 0.29) is 17.5 Å². The summed E-state index contributed by atoms with van der Waals surface area (Å²) < 4.78 is 39.7. The maximum Gasteiger partial charge on any atom is 0.244 e. The minimum atomic E-state index is -3.71. The molecule has 1 fully saturated rings. The summed E-state index contributed by atoms with van der Waals surface area (Å²) in [7, 11) is -2.26. The lowest BCUT2D eigenvalue weighted by molar-refractivity contribution is 0.216. The Bertz CT molecular complexity index is 802. The van der Waals surface area contributed by atoms with Gasteiger partial charge in [-0.3, -0.25) is 4.90 Å². The monoisotopic (exact) mass is 428 g/mol. The van der Waals surface area contributed by atoms with Crippen LogP contribution in [0.4, 0.5) is 0 Å². The summed E-state index contributed by atoms with van der Waals surface area (Å²) in [6.45, 7) is 2.12. The van der Waals surface area contributed by atoms with Gasteiger partial charge in [0.2, 0.25) is 10.0 Å². The Balaban J connectivity index is 1.81. The summed E-state index contributed by atoms with van der Waals surface area (Å²) in [5.41, 5.74) is 0. The van der Waals surface area contributed by atoms with E-state index < -0.39 is 10.0 Å². The quantitative estimate of drug-likeness (QED) is 0.732. The van der Waals surface area contributed by atoms with E-state index >= 15 is 0 Å². The van der Waals surface area contributed by atoms with Crippen molar-refractivity contribution in [2.24, 2.45) is 0 Å². The molecule has 1 saturated heterocycles. The molecule has 1 aromatic heterocycles. The van der Waals surface area contributed by atoms with Crippen LogP contribution < -0.4 is 9.46 Å². The molecule has 1 aliphatic heterocycles. The van der Waals surface area contributed by atoms with Crippen LogP contribution in [0, 0.1) is 0 Å². The van der Waals surface area contributed by atoms with Gasteiger partial charge in [0.25, 0.3) is 0 Å². The Kier molecular flexibility index (Phi) is 5.83. The molecular formula is C17H21BrN2O4S. The lowest BCUT2D eigenvalue weighted by Crippen LogP contribution is -2.36. The number of benzene rings is 1. The number of hydrogen-bond donors (Lipinski definition) is 1. The zero-order chi connectivity index (χ0) is 17.9. The summed E-state index contributed by atoms with van der Waals surface area (Å²) in [5, 5.41) is 0. The molecule has 1 atom stereocenters. The summed E-state index contributed by atoms with van der Waals surface area (Å²) >= 11 is 3.31. The highest BCUT2D eigenvalue weighted by Crippen LogP contribution is 2.29. The molecule has 8 heteroatoms. The predicted molar refractivity (Wildman–Crippen MR) is 98.1 cm³/mol. The van der Waals surface area contributed by atoms with Crippen LogP contribution in [0.15, 0.2) is 50.4 Å². The summed E-state index contributed by atoms with van der Waals surface area (Å²) in [5.74, 6) is 1.08. The average molecular weight is 429 g/mol. The molecule has 0 amide bonds. The zero-order valence-corrected chi connectivity index (χ0v) is 16.3. The van der Waals surface area contributed by atoms with Crippen LogP contribution in [-0.4, -0.2) is 40.1 Å². The molecule has 1 aliphatic rings. The zero-order valence-electron chi connectivity index (χ0n) is 13.9. The van der Waals surface area contributed by atoms with E-state index in [1.807, 2.05) is 12.1 Å². The second kappa shape index (κ2) is 7.90. The molecule has 25 heavy (non-hydrogen) atoms. The van der Waals surface area contributed by atoms with E-state index in [0.717, 1.165) is 31.7 Å². The standard InChI is InChI=1S/C17H21BrN2O4S/c1-23-16-7-6-13(18)11-17(16)25(21,22)19-12-14(15-5-4-10-24-15)20-8-2-3-9-20/h4-7,10-11,14,19H,2-3,8-9,12H2,1H3. The number of methoxy groups -OCH3 is 1. The minimum Gasteiger partial charge on any atom is -0.495 e. The normalized spacial score (nSPS) is 16.9. The smallest absolute Gasteiger partial charge is 0.244 e. The van der Waals surface area contributed by atoms with Gasteiger partial charge >= 0.3 is 0 Å². The number of likely N-dealkylation sites (tertiary alicyclic amines) is 1. The third-order valence-electron chi connectivity index (χ3n) is 4.33. The van der Waals surface area contributed by atoms with Gasteiger partial charge in [0.1, 0.15) is 16.4 Å². The fourth-order valence-electron chi connectivity index (χ4n) is 3.07. The number of nitrogens with one attached hydrogen (secondary N) is 1. The van der Waals surface area contributed by atoms with Crippen molar-refractivity contribution < 1.29 is 17.6 Å². The van der Waals surface area contributed by atoms with Crippen LogP contribution in [0.25, 0.3) is 0 Å². The van der Waals surface area contributed by atoms with Crippen molar-refractivity contribution in [3.63, 3.8) is 0 Å². The van der Waals surface area contributed by atoms with Crippen molar-refractivity contribution >= 4 is 26.0 Å². The first-order valence-electron chi connectivity index (χ1n) is 8.12. The van der Waals surface area contributed by atoms with Crippen molar-refractivity contribution in [3.8, 4) is 5.75 Å². The molecule has 1 unspecified atom stereocenters. The molecule has 3 rings (SSSR count). The van der Waals surface area contributed by atoms with Crippen LogP contribution in [0.5, 0.6) is 5.75 Å². The van der Waals surface area contributed by atoms with E-state index in [1.54, 1.807) is 24.5 Å². The summed E-state index contributed by atoms with van der Waals surface area (Å²) in [6, 6.07) is 8.50. The highest BCUT2D eigenvalue weighted by molar-refractivity contribution is 9.10. The first-order valence-corrected chi connectivity index (χ1v) is 10.4. The third-order valence-corrected chi connectivity index (χ3v) is 6.27. The van der Waals surface area contributed by atoms with Gasteiger partial charge in [0.05, 0.1) is 19.4 Å². The number of hydrogen-bond acceptors (Lipinski definition) is 5. The van der Waals surface area contributed by atoms with Crippen LogP contribution in [0.1, 0.15) is 24.6 Å². The second-order valence-electron chi connectivity index (χ2n) is 5.92. The molecule has 1 aromatic carbocycles. The maximum atomic E-state index is 12.8. The lowest BCUT2D eigenvalue weighted by Gasteiger charge is -2.26. The van der Waals surface area contributed by atoms with Gasteiger partial charge in [0.15, 0.2) is 0 Å². The Labute approximate surface area is 156 Å². The minimum absolute atomic E-state index is 0.115. The highest BCUT2D eigenvalue weighted by Gasteiger charge is 2.28. The fourth-order valence-corrected chi connectivity index (χ4v) is 4.81. The third kappa shape index (κ3) is 4.25. The van der Waals surface area contributed by atoms with Gasteiger partial charge in [-0.2, -0.15) is 0 Å². The molecule has 1 N–H and O–H groups in total. The van der Waals surface area contributed by atoms with Crippen LogP contribution >= 0.6 is 15.9 Å². The maximum absolute atomic E-state index is 12.8. The van der Waals surface area contributed by atoms with Crippen molar-refractivity contribution in [2.45, 2.75) is 23.8 Å². The van der Waals surface area contributed by atoms with E-state index in [1.165, 1.54) is 7.11 Å². The average Bonchev–Trinajstić information content (AvgIpc) is 3.29. The lowest BCUT2D eigenvalue weighted by atomic mass is 10.2. The van der Waals surface area contributed by atoms with Crippen molar-refractivity contribution in [1.82, 2.24) is 9.62 Å². The van der Waals surface area contributed by atoms with Gasteiger partial charge in [-0.1, -0.05) is 15.9 Å². The number of nitrogens with zero attached hydrogens (tertiary/aromatic N) is 1. The number of ether oxygens (including phenoxy) is 1. The van der Waals surface area contributed by atoms with Crippen molar-refractivity contribution in [1.29, 1.82) is 0 Å². The largest absolute Gasteiger partial charge is 0.495 e. The van der Waals surface area contributed by atoms with Crippen molar-refractivity contribution in [2.75, 3.05) is 26.7 Å². The van der Waals surface area contributed by atoms with E-state index in [9.17, 15) is 8.42 Å². The Morgan fingerprint density at radius 2 is 2.08 bits per heavy atom. The van der Waals surface area contributed by atoms with E-state index in [2.05, 4.69) is 25.6 Å². The molecular weight excluding hydrogens is 408 g/mol. The molecule has 0 saturated carbocycles. The predicted octanol–water partition coefficient (Wildman–Crippen LogP) is 3.17. The molecule has 2 aromatic rings. The summed E-state index contributed by atoms with van der Waals surface area (Å²) in [6.07, 6.45) is 3.84. The topological polar surface area (TPSA) is 71.8 Å². The van der Waals surface area contributed by atoms with Gasteiger partial charge in [-0.15, -0.1) is 0 Å². The Hall–Kier alpha value is -1.35.